The van der Waals surface area contributed by atoms with E-state index in [1.54, 1.807) is 12.1 Å². The molecule has 0 aliphatic heterocycles. The van der Waals surface area contributed by atoms with Crippen LogP contribution < -0.4 is 15.1 Å². The van der Waals surface area contributed by atoms with E-state index in [-0.39, 0.29) is 6.61 Å². The van der Waals surface area contributed by atoms with Gasteiger partial charge in [0.2, 0.25) is 0 Å². The van der Waals surface area contributed by atoms with Gasteiger partial charge in [-0.15, -0.1) is 6.42 Å². The number of nitrogens with zero attached hydrogens (tertiary/aromatic N) is 1. The highest BCUT2D eigenvalue weighted by molar-refractivity contribution is 6.37. The summed E-state index contributed by atoms with van der Waals surface area (Å²) in [6.45, 7) is 2.09. The van der Waals surface area contributed by atoms with Gasteiger partial charge >= 0.3 is 0 Å². The molecule has 0 atom stereocenters. The maximum absolute atomic E-state index is 6.09. The van der Waals surface area contributed by atoms with Crippen molar-refractivity contribution in [1.82, 2.24) is 5.48 Å². The monoisotopic (exact) mass is 348 g/mol. The Morgan fingerprint density at radius 1 is 1.22 bits per heavy atom. The first-order valence-corrected chi connectivity index (χ1v) is 7.42. The van der Waals surface area contributed by atoms with Crippen LogP contribution in [0.3, 0.4) is 0 Å². The lowest BCUT2D eigenvalue weighted by Crippen LogP contribution is -2.15. The zero-order chi connectivity index (χ0) is 16.7. The van der Waals surface area contributed by atoms with E-state index in [2.05, 4.69) is 16.4 Å². The fraction of sp³-hybridized carbons (Fsp3) is 0.118. The summed E-state index contributed by atoms with van der Waals surface area (Å²) >= 11 is 12.2. The molecule has 0 unspecified atom stereocenters. The Bertz CT molecular complexity index is 714. The molecule has 0 saturated carbocycles. The third-order valence-corrected chi connectivity index (χ3v) is 3.31. The Morgan fingerprint density at radius 3 is 2.48 bits per heavy atom. The Hall–Kier alpha value is -2.35. The van der Waals surface area contributed by atoms with Gasteiger partial charge in [-0.05, 0) is 31.2 Å². The highest BCUT2D eigenvalue weighted by Crippen LogP contribution is 2.36. The fourth-order valence-corrected chi connectivity index (χ4v) is 2.26. The summed E-state index contributed by atoms with van der Waals surface area (Å²) in [6.07, 6.45) is 6.53. The number of hydrogen-bond acceptors (Lipinski definition) is 3. The summed E-state index contributed by atoms with van der Waals surface area (Å²) in [4.78, 5) is 9.46. The van der Waals surface area contributed by atoms with Gasteiger partial charge in [0, 0.05) is 0 Å². The molecular formula is C17H14Cl2N2O2. The minimum Gasteiger partial charge on any atom is -0.478 e. The van der Waals surface area contributed by atoms with E-state index in [0.29, 0.717) is 27.2 Å². The molecule has 0 spiro atoms. The van der Waals surface area contributed by atoms with Gasteiger partial charge < -0.3 is 9.57 Å². The molecule has 1 N–H and O–H groups in total. The smallest absolute Gasteiger partial charge is 0.158 e. The highest BCUT2D eigenvalue weighted by Gasteiger charge is 2.08. The van der Waals surface area contributed by atoms with E-state index in [9.17, 15) is 0 Å². The third kappa shape index (κ3) is 5.10. The molecular weight excluding hydrogens is 335 g/mol. The van der Waals surface area contributed by atoms with E-state index in [1.807, 2.05) is 31.2 Å². The Kier molecular flexibility index (Phi) is 6.16. The van der Waals surface area contributed by atoms with Gasteiger partial charge in [0.1, 0.15) is 12.9 Å². The average Bonchev–Trinajstić information content (AvgIpc) is 2.52. The lowest BCUT2D eigenvalue weighted by molar-refractivity contribution is 0.267. The second kappa shape index (κ2) is 8.33. The van der Waals surface area contributed by atoms with Gasteiger partial charge in [0.05, 0.1) is 15.7 Å². The molecule has 2 aromatic carbocycles. The van der Waals surface area contributed by atoms with Crippen LogP contribution in [0.4, 0.5) is 5.69 Å². The van der Waals surface area contributed by atoms with Crippen molar-refractivity contribution in [2.24, 2.45) is 4.99 Å². The van der Waals surface area contributed by atoms with Gasteiger partial charge in [0.15, 0.2) is 11.5 Å². The summed E-state index contributed by atoms with van der Waals surface area (Å²) in [5.74, 6) is 3.37. The van der Waals surface area contributed by atoms with Crippen molar-refractivity contribution in [2.75, 3.05) is 6.61 Å². The normalized spacial score (nSPS) is 10.3. The SMILES string of the molecule is C#CCOc1c(Cl)cc(N=CNOc2ccc(C)cc2)cc1Cl. The summed E-state index contributed by atoms with van der Waals surface area (Å²) in [5, 5.41) is 0.665. The molecule has 6 heteroatoms. The van der Waals surface area contributed by atoms with E-state index in [1.165, 1.54) is 6.34 Å². The first kappa shape index (κ1) is 17.0. The van der Waals surface area contributed by atoms with E-state index >= 15 is 0 Å². The number of rotatable bonds is 6. The van der Waals surface area contributed by atoms with Crippen molar-refractivity contribution in [3.63, 3.8) is 0 Å². The molecule has 0 saturated heterocycles. The molecule has 23 heavy (non-hydrogen) atoms. The maximum Gasteiger partial charge on any atom is 0.158 e. The van der Waals surface area contributed by atoms with Crippen LogP contribution in [0.15, 0.2) is 41.4 Å². The molecule has 2 aromatic rings. The van der Waals surface area contributed by atoms with Crippen molar-refractivity contribution in [1.29, 1.82) is 0 Å². The van der Waals surface area contributed by atoms with Gasteiger partial charge in [-0.3, -0.25) is 0 Å². The standard InChI is InChI=1S/C17H14Cl2N2O2/c1-3-8-22-17-15(18)9-13(10-16(17)19)20-11-21-23-14-6-4-12(2)5-7-14/h1,4-7,9-11H,8H2,2H3,(H,20,21). The second-order valence-electron chi connectivity index (χ2n) is 4.52. The number of benzene rings is 2. The van der Waals surface area contributed by atoms with Crippen LogP contribution in [-0.4, -0.2) is 12.9 Å². The highest BCUT2D eigenvalue weighted by atomic mass is 35.5. The molecule has 0 bridgehead atoms. The minimum atomic E-state index is 0.0913. The Labute approximate surface area is 145 Å². The molecule has 0 amide bonds. The van der Waals surface area contributed by atoms with Crippen LogP contribution in [0, 0.1) is 19.3 Å². The summed E-state index contributed by atoms with van der Waals surface area (Å²) in [5.41, 5.74) is 4.33. The molecule has 0 aliphatic carbocycles. The zero-order valence-electron chi connectivity index (χ0n) is 12.3. The lowest BCUT2D eigenvalue weighted by atomic mass is 10.2. The molecule has 0 aromatic heterocycles. The van der Waals surface area contributed by atoms with E-state index in [4.69, 9.17) is 39.2 Å². The number of ether oxygens (including phenoxy) is 1. The fourth-order valence-electron chi connectivity index (χ4n) is 1.67. The molecule has 2 rings (SSSR count). The number of hydrogen-bond donors (Lipinski definition) is 1. The minimum absolute atomic E-state index is 0.0913. The van der Waals surface area contributed by atoms with Crippen molar-refractivity contribution < 1.29 is 9.57 Å². The number of terminal acetylenes is 1. The van der Waals surface area contributed by atoms with Crippen molar-refractivity contribution in [3.8, 4) is 23.8 Å². The van der Waals surface area contributed by atoms with Crippen molar-refractivity contribution in [2.45, 2.75) is 6.92 Å². The van der Waals surface area contributed by atoms with Crippen molar-refractivity contribution >= 4 is 35.2 Å². The lowest BCUT2D eigenvalue weighted by Gasteiger charge is -2.08. The molecule has 0 fully saturated rings. The second-order valence-corrected chi connectivity index (χ2v) is 5.34. The number of halogens is 2. The number of nitrogens with one attached hydrogen (secondary N) is 1. The predicted octanol–water partition coefficient (Wildman–Crippen LogP) is 4.56. The van der Waals surface area contributed by atoms with E-state index < -0.39 is 0 Å². The molecule has 0 radical (unpaired) electrons. The summed E-state index contributed by atoms with van der Waals surface area (Å²) in [7, 11) is 0. The van der Waals surface area contributed by atoms with Crippen LogP contribution in [0.25, 0.3) is 0 Å². The number of aliphatic imine (C=N–C) groups is 1. The predicted molar refractivity (Wildman–Crippen MR) is 93.9 cm³/mol. The van der Waals surface area contributed by atoms with Crippen molar-refractivity contribution in [3.05, 3.63) is 52.0 Å². The van der Waals surface area contributed by atoms with Gasteiger partial charge in [-0.2, -0.15) is 0 Å². The maximum atomic E-state index is 6.09. The number of hydroxylamine groups is 1. The van der Waals surface area contributed by atoms with Gasteiger partial charge in [0.25, 0.3) is 0 Å². The summed E-state index contributed by atoms with van der Waals surface area (Å²) < 4.78 is 5.27. The molecule has 0 aliphatic rings. The van der Waals surface area contributed by atoms with Crippen LogP contribution in [0.5, 0.6) is 11.5 Å². The average molecular weight is 349 g/mol. The first-order valence-electron chi connectivity index (χ1n) is 6.67. The van der Waals surface area contributed by atoms with Crippen LogP contribution in [-0.2, 0) is 0 Å². The van der Waals surface area contributed by atoms with Gasteiger partial charge in [-0.1, -0.05) is 46.8 Å². The quantitative estimate of drug-likeness (QED) is 0.360. The van der Waals surface area contributed by atoms with E-state index in [0.717, 1.165) is 5.56 Å². The van der Waals surface area contributed by atoms with Crippen LogP contribution in [0.1, 0.15) is 5.56 Å². The number of aryl methyl sites for hydroxylation is 1. The third-order valence-electron chi connectivity index (χ3n) is 2.75. The molecule has 4 nitrogen and oxygen atoms in total. The van der Waals surface area contributed by atoms with Crippen LogP contribution in [0.2, 0.25) is 10.0 Å². The topological polar surface area (TPSA) is 42.8 Å². The molecule has 118 valence electrons. The first-order chi connectivity index (χ1) is 11.1. The van der Waals surface area contributed by atoms with Crippen LogP contribution >= 0.6 is 23.2 Å². The Morgan fingerprint density at radius 2 is 1.87 bits per heavy atom. The molecule has 0 heterocycles. The summed E-state index contributed by atoms with van der Waals surface area (Å²) in [6, 6.07) is 10.8. The zero-order valence-corrected chi connectivity index (χ0v) is 13.9. The Balaban J connectivity index is 1.97. The van der Waals surface area contributed by atoms with Gasteiger partial charge in [-0.25, -0.2) is 10.5 Å². The largest absolute Gasteiger partial charge is 0.478 e.